The number of benzene rings is 2. The lowest BCUT2D eigenvalue weighted by Gasteiger charge is -2.34. The minimum Gasteiger partial charge on any atom is -0.491 e. The molecule has 0 spiro atoms. The summed E-state index contributed by atoms with van der Waals surface area (Å²) >= 11 is 5.85. The summed E-state index contributed by atoms with van der Waals surface area (Å²) in [6, 6.07) is 13.8. The molecule has 1 aliphatic rings. The van der Waals surface area contributed by atoms with Crippen molar-refractivity contribution in [2.45, 2.75) is 25.5 Å². The van der Waals surface area contributed by atoms with Crippen LogP contribution in [-0.4, -0.2) is 35.8 Å². The Morgan fingerprint density at radius 1 is 1.08 bits per heavy atom. The number of piperidine rings is 1. The summed E-state index contributed by atoms with van der Waals surface area (Å²) in [6.45, 7) is 2.98. The Hall–Kier alpha value is -1.62. The van der Waals surface area contributed by atoms with E-state index in [1.54, 1.807) is 24.3 Å². The number of likely N-dealkylation sites (tertiary alicyclic amines) is 1. The predicted octanol–water partition coefficient (Wildman–Crippen LogP) is 4.13. The van der Waals surface area contributed by atoms with Gasteiger partial charge in [-0.15, -0.1) is 0 Å². The maximum absolute atomic E-state index is 13.0. The first-order valence-corrected chi connectivity index (χ1v) is 9.01. The summed E-state index contributed by atoms with van der Waals surface area (Å²) in [5, 5.41) is 11.1. The first-order chi connectivity index (χ1) is 12.1. The van der Waals surface area contributed by atoms with Gasteiger partial charge in [0, 0.05) is 11.6 Å². The van der Waals surface area contributed by atoms with Gasteiger partial charge >= 0.3 is 0 Å². The number of nitrogens with zero attached hydrogens (tertiary/aromatic N) is 1. The van der Waals surface area contributed by atoms with Gasteiger partial charge in [0.1, 0.15) is 18.2 Å². The third-order valence-corrected chi connectivity index (χ3v) is 4.98. The van der Waals surface area contributed by atoms with Crippen LogP contribution in [0.4, 0.5) is 4.39 Å². The van der Waals surface area contributed by atoms with Crippen LogP contribution >= 0.6 is 11.6 Å². The quantitative estimate of drug-likeness (QED) is 0.837. The monoisotopic (exact) mass is 363 g/mol. The molecule has 25 heavy (non-hydrogen) atoms. The van der Waals surface area contributed by atoms with Crippen LogP contribution in [0.3, 0.4) is 0 Å². The first-order valence-electron chi connectivity index (χ1n) is 8.63. The first kappa shape index (κ1) is 18.2. The summed E-state index contributed by atoms with van der Waals surface area (Å²) in [4.78, 5) is 2.34. The van der Waals surface area contributed by atoms with Crippen LogP contribution < -0.4 is 4.74 Å². The topological polar surface area (TPSA) is 32.7 Å². The second-order valence-electron chi connectivity index (χ2n) is 6.57. The van der Waals surface area contributed by atoms with Gasteiger partial charge in [-0.25, -0.2) is 4.39 Å². The Bertz CT molecular complexity index is 654. The molecule has 1 fully saturated rings. The van der Waals surface area contributed by atoms with E-state index in [1.165, 1.54) is 12.1 Å². The van der Waals surface area contributed by atoms with E-state index in [2.05, 4.69) is 4.90 Å². The second kappa shape index (κ2) is 8.65. The molecule has 0 amide bonds. The molecule has 5 heteroatoms. The molecule has 0 aliphatic carbocycles. The average Bonchev–Trinajstić information content (AvgIpc) is 2.63. The van der Waals surface area contributed by atoms with Crippen LogP contribution in [-0.2, 0) is 6.54 Å². The number of hydrogen-bond donors (Lipinski definition) is 1. The molecule has 0 aromatic heterocycles. The highest BCUT2D eigenvalue weighted by Gasteiger charge is 2.25. The van der Waals surface area contributed by atoms with Crippen molar-refractivity contribution >= 4 is 11.6 Å². The molecular weight excluding hydrogens is 341 g/mol. The number of ether oxygens (including phenoxy) is 1. The largest absolute Gasteiger partial charge is 0.491 e. The van der Waals surface area contributed by atoms with Crippen molar-refractivity contribution in [2.24, 2.45) is 5.92 Å². The number of aliphatic hydroxyl groups excluding tert-OH is 1. The lowest BCUT2D eigenvalue weighted by molar-refractivity contribution is 0.0245. The Balaban J connectivity index is 1.41. The van der Waals surface area contributed by atoms with E-state index in [4.69, 9.17) is 16.3 Å². The van der Waals surface area contributed by atoms with Gasteiger partial charge in [-0.2, -0.15) is 0 Å². The van der Waals surface area contributed by atoms with Crippen molar-refractivity contribution in [1.82, 2.24) is 4.90 Å². The molecule has 3 nitrogen and oxygen atoms in total. The van der Waals surface area contributed by atoms with Crippen LogP contribution in [0.15, 0.2) is 48.5 Å². The minimum atomic E-state index is -0.469. The van der Waals surface area contributed by atoms with Gasteiger partial charge < -0.3 is 9.84 Å². The SMILES string of the molecule is OC(COc1ccc(Cl)cc1)C1CCN(Cc2ccc(F)cc2)CC1. The van der Waals surface area contributed by atoms with Crippen LogP contribution in [0.1, 0.15) is 18.4 Å². The third kappa shape index (κ3) is 5.43. The van der Waals surface area contributed by atoms with E-state index in [0.29, 0.717) is 11.6 Å². The Labute approximate surface area is 153 Å². The van der Waals surface area contributed by atoms with Crippen molar-refractivity contribution in [1.29, 1.82) is 0 Å². The van der Waals surface area contributed by atoms with Crippen molar-refractivity contribution in [2.75, 3.05) is 19.7 Å². The lowest BCUT2D eigenvalue weighted by Crippen LogP contribution is -2.39. The summed E-state index contributed by atoms with van der Waals surface area (Å²) in [5.74, 6) is 0.764. The highest BCUT2D eigenvalue weighted by atomic mass is 35.5. The molecule has 0 bridgehead atoms. The highest BCUT2D eigenvalue weighted by Crippen LogP contribution is 2.23. The third-order valence-electron chi connectivity index (χ3n) is 4.73. The Kier molecular flexibility index (Phi) is 6.29. The van der Waals surface area contributed by atoms with Gasteiger partial charge in [0.05, 0.1) is 6.10 Å². The fourth-order valence-electron chi connectivity index (χ4n) is 3.19. The standard InChI is InChI=1S/C20H23ClFNO2/c21-17-3-7-19(8-4-17)25-14-20(24)16-9-11-23(12-10-16)13-15-1-5-18(22)6-2-15/h1-8,16,20,24H,9-14H2. The number of hydrogen-bond acceptors (Lipinski definition) is 3. The number of aliphatic hydroxyl groups is 1. The molecule has 2 aromatic carbocycles. The molecule has 1 aliphatic heterocycles. The smallest absolute Gasteiger partial charge is 0.123 e. The van der Waals surface area contributed by atoms with Gasteiger partial charge in [-0.3, -0.25) is 4.90 Å². The molecule has 134 valence electrons. The van der Waals surface area contributed by atoms with Crippen LogP contribution in [0.5, 0.6) is 5.75 Å². The average molecular weight is 364 g/mol. The van der Waals surface area contributed by atoms with E-state index in [0.717, 1.165) is 43.8 Å². The van der Waals surface area contributed by atoms with Gasteiger partial charge in [0.2, 0.25) is 0 Å². The molecule has 1 N–H and O–H groups in total. The number of halogens is 2. The molecule has 0 radical (unpaired) electrons. The maximum atomic E-state index is 13.0. The van der Waals surface area contributed by atoms with Crippen molar-refractivity contribution in [3.05, 3.63) is 64.9 Å². The summed E-state index contributed by atoms with van der Waals surface area (Å²) < 4.78 is 18.6. The molecule has 1 unspecified atom stereocenters. The molecule has 0 saturated carbocycles. The summed E-state index contributed by atoms with van der Waals surface area (Å²) in [5.41, 5.74) is 1.12. The van der Waals surface area contributed by atoms with E-state index < -0.39 is 6.10 Å². The fourth-order valence-corrected chi connectivity index (χ4v) is 3.32. The van der Waals surface area contributed by atoms with Gasteiger partial charge in [-0.05, 0) is 73.8 Å². The van der Waals surface area contributed by atoms with Crippen LogP contribution in [0, 0.1) is 11.7 Å². The van der Waals surface area contributed by atoms with Crippen molar-refractivity contribution in [3.8, 4) is 5.75 Å². The van der Waals surface area contributed by atoms with E-state index >= 15 is 0 Å². The summed E-state index contributed by atoms with van der Waals surface area (Å²) in [6.07, 6.45) is 1.40. The molecule has 1 saturated heterocycles. The maximum Gasteiger partial charge on any atom is 0.123 e. The van der Waals surface area contributed by atoms with Gasteiger partial charge in [-0.1, -0.05) is 23.7 Å². The molecule has 3 rings (SSSR count). The normalized spacial score (nSPS) is 17.4. The van der Waals surface area contributed by atoms with Crippen LogP contribution in [0.25, 0.3) is 0 Å². The molecule has 1 heterocycles. The zero-order valence-electron chi connectivity index (χ0n) is 14.1. The van der Waals surface area contributed by atoms with E-state index in [9.17, 15) is 9.50 Å². The highest BCUT2D eigenvalue weighted by molar-refractivity contribution is 6.30. The molecule has 2 aromatic rings. The lowest BCUT2D eigenvalue weighted by atomic mass is 9.91. The van der Waals surface area contributed by atoms with Crippen LogP contribution in [0.2, 0.25) is 5.02 Å². The van der Waals surface area contributed by atoms with E-state index in [-0.39, 0.29) is 11.7 Å². The number of rotatable bonds is 6. The summed E-state index contributed by atoms with van der Waals surface area (Å²) in [7, 11) is 0. The van der Waals surface area contributed by atoms with Crippen molar-refractivity contribution in [3.63, 3.8) is 0 Å². The zero-order chi connectivity index (χ0) is 17.6. The van der Waals surface area contributed by atoms with Gasteiger partial charge in [0.25, 0.3) is 0 Å². The zero-order valence-corrected chi connectivity index (χ0v) is 14.8. The molecule has 1 atom stereocenters. The minimum absolute atomic E-state index is 0.203. The fraction of sp³-hybridized carbons (Fsp3) is 0.400. The van der Waals surface area contributed by atoms with Gasteiger partial charge in [0.15, 0.2) is 0 Å². The molecular formula is C20H23ClFNO2. The Morgan fingerprint density at radius 2 is 1.72 bits per heavy atom. The second-order valence-corrected chi connectivity index (χ2v) is 7.01. The predicted molar refractivity (Wildman–Crippen MR) is 97.4 cm³/mol. The van der Waals surface area contributed by atoms with Crippen molar-refractivity contribution < 1.29 is 14.2 Å². The Morgan fingerprint density at radius 3 is 2.36 bits per heavy atom. The van der Waals surface area contributed by atoms with E-state index in [1.807, 2.05) is 12.1 Å².